The minimum absolute atomic E-state index is 0.0941. The molecule has 0 atom stereocenters. The molecule has 0 bridgehead atoms. The van der Waals surface area contributed by atoms with Crippen molar-refractivity contribution in [2.45, 2.75) is 32.1 Å². The van der Waals surface area contributed by atoms with Gasteiger partial charge in [-0.2, -0.15) is 0 Å². The van der Waals surface area contributed by atoms with Crippen molar-refractivity contribution < 1.29 is 23.8 Å². The van der Waals surface area contributed by atoms with E-state index in [9.17, 15) is 14.1 Å². The van der Waals surface area contributed by atoms with Crippen LogP contribution in [0.1, 0.15) is 42.5 Å². The third-order valence-electron chi connectivity index (χ3n) is 4.92. The summed E-state index contributed by atoms with van der Waals surface area (Å²) < 4.78 is 17.9. The maximum Gasteiger partial charge on any atom is 0.380 e. The molecule has 0 aliphatic heterocycles. The molecule has 0 spiro atoms. The summed E-state index contributed by atoms with van der Waals surface area (Å²) >= 11 is 0. The molecule has 6 nitrogen and oxygen atoms in total. The first kappa shape index (κ1) is 19.8. The van der Waals surface area contributed by atoms with Gasteiger partial charge in [-0.15, -0.1) is 0 Å². The predicted octanol–water partition coefficient (Wildman–Crippen LogP) is 3.87. The first-order chi connectivity index (χ1) is 13.7. The molecule has 1 heterocycles. The molecule has 1 amide bonds. The van der Waals surface area contributed by atoms with Crippen molar-refractivity contribution in [3.05, 3.63) is 48.3 Å². The first-order valence-corrected chi connectivity index (χ1v) is 9.47. The maximum absolute atomic E-state index is 12.3. The molecule has 0 radical (unpaired) electrons. The van der Waals surface area contributed by atoms with Crippen molar-refractivity contribution in [1.29, 1.82) is 0 Å². The summed E-state index contributed by atoms with van der Waals surface area (Å²) in [4.78, 5) is 30.9. The number of carbonyl (C=O) groups excluding carboxylic acids is 2. The van der Waals surface area contributed by atoms with Gasteiger partial charge in [-0.1, -0.05) is 31.4 Å². The molecule has 0 unspecified atom stereocenters. The van der Waals surface area contributed by atoms with Crippen LogP contribution < -0.4 is 10.1 Å². The lowest BCUT2D eigenvalue weighted by Crippen LogP contribution is -2.34. The van der Waals surface area contributed by atoms with Gasteiger partial charge in [0.05, 0.1) is 12.1 Å². The third kappa shape index (κ3) is 5.06. The number of rotatable bonds is 7. The van der Waals surface area contributed by atoms with Crippen molar-refractivity contribution in [3.63, 3.8) is 0 Å². The number of nitrogens with one attached hydrogen (secondary N) is 1. The van der Waals surface area contributed by atoms with E-state index in [4.69, 9.17) is 4.74 Å². The Morgan fingerprint density at radius 3 is 2.57 bits per heavy atom. The standard InChI is InChI=1S/C21H23FN2O4/c22-28-21(26)18-10-11-23-14-19(18)15-6-8-17(9-7-15)27-13-12-24-20(25)16-4-2-1-3-5-16/h6-11,14,16H,1-5,12-13H2,(H,24,25). The molecule has 2 aromatic rings. The Morgan fingerprint density at radius 2 is 1.86 bits per heavy atom. The Kier molecular flexibility index (Phi) is 6.94. The molecule has 7 heteroatoms. The Labute approximate surface area is 163 Å². The van der Waals surface area contributed by atoms with E-state index in [0.29, 0.717) is 30.0 Å². The SMILES string of the molecule is O=C(OF)c1ccncc1-c1ccc(OCCNC(=O)C2CCCCC2)cc1. The van der Waals surface area contributed by atoms with Crippen molar-refractivity contribution in [2.75, 3.05) is 13.2 Å². The second-order valence-electron chi connectivity index (χ2n) is 6.78. The summed E-state index contributed by atoms with van der Waals surface area (Å²) in [5, 5.41) is 2.93. The fourth-order valence-electron chi connectivity index (χ4n) is 3.43. The van der Waals surface area contributed by atoms with Crippen LogP contribution in [-0.4, -0.2) is 30.0 Å². The molecule has 1 N–H and O–H groups in total. The van der Waals surface area contributed by atoms with Gasteiger partial charge in [0.1, 0.15) is 12.4 Å². The monoisotopic (exact) mass is 386 g/mol. The zero-order valence-electron chi connectivity index (χ0n) is 15.5. The fourth-order valence-corrected chi connectivity index (χ4v) is 3.43. The summed E-state index contributed by atoms with van der Waals surface area (Å²) in [7, 11) is 0. The second-order valence-corrected chi connectivity index (χ2v) is 6.78. The van der Waals surface area contributed by atoms with E-state index >= 15 is 0 Å². The molecule has 0 saturated heterocycles. The van der Waals surface area contributed by atoms with Crippen LogP contribution in [0.5, 0.6) is 5.75 Å². The number of ether oxygens (including phenoxy) is 1. The number of nitrogens with zero attached hydrogens (tertiary/aromatic N) is 1. The highest BCUT2D eigenvalue weighted by Crippen LogP contribution is 2.26. The third-order valence-corrected chi connectivity index (χ3v) is 4.92. The van der Waals surface area contributed by atoms with Crippen LogP contribution in [0.15, 0.2) is 42.7 Å². The van der Waals surface area contributed by atoms with Crippen LogP contribution in [0, 0.1) is 5.92 Å². The topological polar surface area (TPSA) is 77.5 Å². The normalized spacial score (nSPS) is 14.3. The molecule has 3 rings (SSSR count). The van der Waals surface area contributed by atoms with Gasteiger partial charge in [0.25, 0.3) is 0 Å². The lowest BCUT2D eigenvalue weighted by atomic mass is 9.89. The minimum atomic E-state index is -1.06. The second kappa shape index (κ2) is 9.82. The maximum atomic E-state index is 12.3. The van der Waals surface area contributed by atoms with Gasteiger partial charge in [0.15, 0.2) is 0 Å². The highest BCUT2D eigenvalue weighted by molar-refractivity contribution is 5.96. The van der Waals surface area contributed by atoms with Gasteiger partial charge in [0, 0.05) is 28.4 Å². The van der Waals surface area contributed by atoms with Crippen molar-refractivity contribution in [1.82, 2.24) is 10.3 Å². The van der Waals surface area contributed by atoms with Crippen LogP contribution in [-0.2, 0) is 9.74 Å². The Balaban J connectivity index is 1.51. The van der Waals surface area contributed by atoms with E-state index in [1.807, 2.05) is 0 Å². The number of hydrogen-bond acceptors (Lipinski definition) is 5. The molecular weight excluding hydrogens is 363 g/mol. The van der Waals surface area contributed by atoms with Gasteiger partial charge in [-0.3, -0.25) is 9.78 Å². The van der Waals surface area contributed by atoms with E-state index in [0.717, 1.165) is 25.7 Å². The fraction of sp³-hybridized carbons (Fsp3) is 0.381. The summed E-state index contributed by atoms with van der Waals surface area (Å²) in [6.45, 7) is 0.816. The Bertz CT molecular complexity index is 804. The van der Waals surface area contributed by atoms with Gasteiger partial charge in [-0.05, 0) is 36.6 Å². The lowest BCUT2D eigenvalue weighted by molar-refractivity contribution is -0.126. The van der Waals surface area contributed by atoms with Crippen molar-refractivity contribution in [3.8, 4) is 16.9 Å². The highest BCUT2D eigenvalue weighted by atomic mass is 19.3. The molecule has 1 saturated carbocycles. The quantitative estimate of drug-likeness (QED) is 0.731. The lowest BCUT2D eigenvalue weighted by Gasteiger charge is -2.20. The number of carbonyl (C=O) groups is 2. The van der Waals surface area contributed by atoms with Gasteiger partial charge >= 0.3 is 5.97 Å². The Hall–Kier alpha value is -2.96. The van der Waals surface area contributed by atoms with Crippen LogP contribution in [0.2, 0.25) is 0 Å². The number of benzene rings is 1. The van der Waals surface area contributed by atoms with Gasteiger partial charge < -0.3 is 10.1 Å². The Morgan fingerprint density at radius 1 is 1.11 bits per heavy atom. The average molecular weight is 386 g/mol. The van der Waals surface area contributed by atoms with Crippen LogP contribution in [0.25, 0.3) is 11.1 Å². The number of amides is 1. The molecule has 148 valence electrons. The number of pyridine rings is 1. The summed E-state index contributed by atoms with van der Waals surface area (Å²) in [6.07, 6.45) is 8.29. The zero-order chi connectivity index (χ0) is 19.8. The van der Waals surface area contributed by atoms with Crippen molar-refractivity contribution in [2.24, 2.45) is 5.92 Å². The van der Waals surface area contributed by atoms with Crippen LogP contribution in [0.4, 0.5) is 4.53 Å². The molecule has 1 fully saturated rings. The molecule has 1 aromatic carbocycles. The minimum Gasteiger partial charge on any atom is -0.492 e. The van der Waals surface area contributed by atoms with Gasteiger partial charge in [-0.25, -0.2) is 9.74 Å². The smallest absolute Gasteiger partial charge is 0.380 e. The molecule has 1 aliphatic rings. The molecule has 28 heavy (non-hydrogen) atoms. The van der Waals surface area contributed by atoms with E-state index in [2.05, 4.69) is 15.2 Å². The number of aromatic nitrogens is 1. The predicted molar refractivity (Wildman–Crippen MR) is 101 cm³/mol. The van der Waals surface area contributed by atoms with E-state index < -0.39 is 5.97 Å². The first-order valence-electron chi connectivity index (χ1n) is 9.47. The molecule has 1 aliphatic carbocycles. The molecular formula is C21H23FN2O4. The van der Waals surface area contributed by atoms with Crippen LogP contribution >= 0.6 is 0 Å². The summed E-state index contributed by atoms with van der Waals surface area (Å²) in [5.41, 5.74) is 1.25. The number of halogens is 1. The van der Waals surface area contributed by atoms with Crippen molar-refractivity contribution >= 4 is 11.9 Å². The van der Waals surface area contributed by atoms with Crippen LogP contribution in [0.3, 0.4) is 0 Å². The summed E-state index contributed by atoms with van der Waals surface area (Å²) in [6, 6.07) is 8.40. The van der Waals surface area contributed by atoms with E-state index in [1.165, 1.54) is 24.9 Å². The highest BCUT2D eigenvalue weighted by Gasteiger charge is 2.20. The van der Waals surface area contributed by atoms with E-state index in [-0.39, 0.29) is 17.4 Å². The van der Waals surface area contributed by atoms with Gasteiger partial charge in [0.2, 0.25) is 5.91 Å². The zero-order valence-corrected chi connectivity index (χ0v) is 15.5. The number of hydrogen-bond donors (Lipinski definition) is 1. The molecule has 1 aromatic heterocycles. The largest absolute Gasteiger partial charge is 0.492 e. The average Bonchev–Trinajstić information content (AvgIpc) is 2.77. The summed E-state index contributed by atoms with van der Waals surface area (Å²) in [5.74, 6) is -0.180. The van der Waals surface area contributed by atoms with E-state index in [1.54, 1.807) is 24.3 Å².